The molecule has 2 unspecified atom stereocenters. The van der Waals surface area contributed by atoms with Gasteiger partial charge in [0.15, 0.2) is 14.8 Å². The molecule has 0 nitrogen and oxygen atoms in total. The molecule has 4 heteroatoms. The molecule has 16 heavy (non-hydrogen) atoms. The number of hydrogen-bond acceptors (Lipinski definition) is 0. The summed E-state index contributed by atoms with van der Waals surface area (Å²) in [5.74, 6) is 0. The van der Waals surface area contributed by atoms with Crippen LogP contribution in [0.4, 0.5) is 0 Å². The molecule has 0 aliphatic heterocycles. The summed E-state index contributed by atoms with van der Waals surface area (Å²) >= 11 is 13.1. The van der Waals surface area contributed by atoms with E-state index in [9.17, 15) is 0 Å². The molecular weight excluding hydrogens is 271 g/mol. The summed E-state index contributed by atoms with van der Waals surface area (Å²) < 4.78 is 0. The molecule has 0 heterocycles. The maximum absolute atomic E-state index is 6.56. The maximum atomic E-state index is 6.56. The summed E-state index contributed by atoms with van der Waals surface area (Å²) in [5, 5.41) is 2.64. The maximum Gasteiger partial charge on any atom is 0.183 e. The second-order valence-corrected chi connectivity index (χ2v) is 17.0. The number of hydrogen-bond donors (Lipinski definition) is 0. The van der Waals surface area contributed by atoms with Gasteiger partial charge in [-0.2, -0.15) is 22.2 Å². The van der Waals surface area contributed by atoms with Gasteiger partial charge in [-0.25, -0.2) is 0 Å². The van der Waals surface area contributed by atoms with Crippen LogP contribution < -0.4 is 10.4 Å². The first-order chi connectivity index (χ1) is 7.33. The fourth-order valence-corrected chi connectivity index (χ4v) is 4.87. The van der Waals surface area contributed by atoms with Gasteiger partial charge in [-0.3, -0.25) is 0 Å². The van der Waals surface area contributed by atoms with E-state index in [2.05, 4.69) is 51.2 Å². The summed E-state index contributed by atoms with van der Waals surface area (Å²) in [7, 11) is -3.40. The van der Waals surface area contributed by atoms with E-state index in [1.54, 1.807) is 0 Å². The van der Waals surface area contributed by atoms with Crippen LogP contribution in [0.15, 0.2) is 24.3 Å². The molecule has 1 aromatic rings. The lowest BCUT2D eigenvalue weighted by Gasteiger charge is -2.21. The zero-order valence-corrected chi connectivity index (χ0v) is 14.0. The second-order valence-electron chi connectivity index (χ2n) is 4.68. The molecule has 0 N–H and O–H groups in total. The van der Waals surface area contributed by atoms with E-state index < -0.39 is 14.8 Å². The van der Waals surface area contributed by atoms with Crippen LogP contribution in [0, 0.1) is 0 Å². The van der Waals surface area contributed by atoms with Crippen LogP contribution in [0.25, 0.3) is 0 Å². The lowest BCUT2D eigenvalue weighted by atomic mass is 10.4. The third-order valence-corrected chi connectivity index (χ3v) is 12.1. The minimum absolute atomic E-state index is 1.07. The smallest absolute Gasteiger partial charge is 0.161 e. The Morgan fingerprint density at radius 3 is 1.25 bits per heavy atom. The van der Waals surface area contributed by atoms with Crippen molar-refractivity contribution in [3.63, 3.8) is 0 Å². The van der Waals surface area contributed by atoms with Gasteiger partial charge in [-0.15, -0.1) is 0 Å². The second kappa shape index (κ2) is 5.26. The topological polar surface area (TPSA) is 0 Å². The highest BCUT2D eigenvalue weighted by atomic mass is 35.6. The monoisotopic (exact) mass is 290 g/mol. The summed E-state index contributed by atoms with van der Waals surface area (Å²) in [4.78, 5) is 0. The van der Waals surface area contributed by atoms with Gasteiger partial charge in [0, 0.05) is 0 Å². The third-order valence-electron chi connectivity index (χ3n) is 3.42. The van der Waals surface area contributed by atoms with Gasteiger partial charge in [-0.05, 0) is 22.5 Å². The SMILES string of the molecule is CC[Si](C)(Cl)c1ccc([Si](C)(Cl)CC)cc1. The Morgan fingerprint density at radius 2 is 1.06 bits per heavy atom. The fourth-order valence-electron chi connectivity index (χ4n) is 1.57. The van der Waals surface area contributed by atoms with E-state index in [-0.39, 0.29) is 0 Å². The highest BCUT2D eigenvalue weighted by Crippen LogP contribution is 2.16. The lowest BCUT2D eigenvalue weighted by molar-refractivity contribution is 1.41. The Hall–Kier alpha value is 0.234. The van der Waals surface area contributed by atoms with Gasteiger partial charge in [0.05, 0.1) is 0 Å². The van der Waals surface area contributed by atoms with Crippen molar-refractivity contribution in [2.45, 2.75) is 39.0 Å². The quantitative estimate of drug-likeness (QED) is 0.585. The highest BCUT2D eigenvalue weighted by molar-refractivity contribution is 7.27. The minimum Gasteiger partial charge on any atom is -0.161 e. The summed E-state index contributed by atoms with van der Waals surface area (Å²) in [6, 6.07) is 10.9. The molecule has 0 aliphatic rings. The molecule has 90 valence electrons. The molecule has 0 fully saturated rings. The van der Waals surface area contributed by atoms with Gasteiger partial charge < -0.3 is 0 Å². The summed E-state index contributed by atoms with van der Waals surface area (Å²) in [6.45, 7) is 8.72. The summed E-state index contributed by atoms with van der Waals surface area (Å²) in [5.41, 5.74) is 0. The zero-order valence-electron chi connectivity index (χ0n) is 10.5. The number of benzene rings is 1. The molecule has 0 saturated carbocycles. The lowest BCUT2D eigenvalue weighted by Crippen LogP contribution is -2.42. The van der Waals surface area contributed by atoms with Gasteiger partial charge in [0.2, 0.25) is 0 Å². The normalized spacial score (nSPS) is 18.9. The van der Waals surface area contributed by atoms with Crippen molar-refractivity contribution in [2.75, 3.05) is 0 Å². The molecule has 0 aliphatic carbocycles. The average molecular weight is 291 g/mol. The molecule has 0 saturated heterocycles. The van der Waals surface area contributed by atoms with E-state index in [1.165, 1.54) is 10.4 Å². The molecule has 0 bridgehead atoms. The van der Waals surface area contributed by atoms with Crippen molar-refractivity contribution in [1.29, 1.82) is 0 Å². The Morgan fingerprint density at radius 1 is 0.812 bits per heavy atom. The third kappa shape index (κ3) is 3.13. The van der Waals surface area contributed by atoms with E-state index >= 15 is 0 Å². The van der Waals surface area contributed by atoms with Crippen molar-refractivity contribution >= 4 is 47.3 Å². The number of rotatable bonds is 4. The van der Waals surface area contributed by atoms with Crippen molar-refractivity contribution in [3.05, 3.63) is 24.3 Å². The summed E-state index contributed by atoms with van der Waals surface area (Å²) in [6.07, 6.45) is 0. The van der Waals surface area contributed by atoms with Crippen LogP contribution in [0.1, 0.15) is 13.8 Å². The van der Waals surface area contributed by atoms with E-state index in [0.717, 1.165) is 12.1 Å². The van der Waals surface area contributed by atoms with Gasteiger partial charge in [0.25, 0.3) is 0 Å². The highest BCUT2D eigenvalue weighted by Gasteiger charge is 2.27. The van der Waals surface area contributed by atoms with Crippen molar-refractivity contribution in [1.82, 2.24) is 0 Å². The predicted octanol–water partition coefficient (Wildman–Crippen LogP) is 3.77. The van der Waals surface area contributed by atoms with Crippen molar-refractivity contribution < 1.29 is 0 Å². The van der Waals surface area contributed by atoms with E-state index in [1.807, 2.05) is 0 Å². The first-order valence-corrected chi connectivity index (χ1v) is 13.3. The fraction of sp³-hybridized carbons (Fsp3) is 0.500. The van der Waals surface area contributed by atoms with Crippen LogP contribution in [-0.4, -0.2) is 14.8 Å². The molecule has 1 rings (SSSR count). The zero-order chi connectivity index (χ0) is 12.4. The molecule has 0 aromatic heterocycles. The predicted molar refractivity (Wildman–Crippen MR) is 81.6 cm³/mol. The van der Waals surface area contributed by atoms with Crippen LogP contribution in [0.3, 0.4) is 0 Å². The van der Waals surface area contributed by atoms with Crippen LogP contribution >= 0.6 is 22.2 Å². The van der Waals surface area contributed by atoms with Crippen LogP contribution in [-0.2, 0) is 0 Å². The molecule has 0 spiro atoms. The average Bonchev–Trinajstić information content (AvgIpc) is 2.29. The Kier molecular flexibility index (Phi) is 4.70. The molecule has 1 aromatic carbocycles. The van der Waals surface area contributed by atoms with Gasteiger partial charge in [0.1, 0.15) is 0 Å². The van der Waals surface area contributed by atoms with Gasteiger partial charge in [-0.1, -0.05) is 51.2 Å². The molecule has 0 amide bonds. The molecule has 0 radical (unpaired) electrons. The van der Waals surface area contributed by atoms with Gasteiger partial charge >= 0.3 is 0 Å². The van der Waals surface area contributed by atoms with Crippen molar-refractivity contribution in [2.24, 2.45) is 0 Å². The van der Waals surface area contributed by atoms with E-state index in [0.29, 0.717) is 0 Å². The minimum atomic E-state index is -1.70. The van der Waals surface area contributed by atoms with Crippen molar-refractivity contribution in [3.8, 4) is 0 Å². The number of halogens is 2. The first-order valence-electron chi connectivity index (χ1n) is 5.82. The molecular formula is C12H20Cl2Si2. The largest absolute Gasteiger partial charge is 0.183 e. The Bertz CT molecular complexity index is 310. The van der Waals surface area contributed by atoms with E-state index in [4.69, 9.17) is 22.2 Å². The Labute approximate surface area is 110 Å². The Balaban J connectivity index is 3.00. The standard InChI is InChI=1S/C12H20Cl2Si2/c1-5-15(3,13)11-7-9-12(10-8-11)16(4,14)6-2/h7-10H,5-6H2,1-4H3. The van der Waals surface area contributed by atoms with Crippen LogP contribution in [0.5, 0.6) is 0 Å². The molecule has 2 atom stereocenters. The first kappa shape index (κ1) is 14.3. The van der Waals surface area contributed by atoms with Crippen LogP contribution in [0.2, 0.25) is 25.2 Å².